The smallest absolute Gasteiger partial charge is 0.227 e. The molecule has 0 aliphatic carbocycles. The van der Waals surface area contributed by atoms with Crippen LogP contribution in [0.5, 0.6) is 0 Å². The minimum Gasteiger partial charge on any atom is -0.227 e. The lowest BCUT2D eigenvalue weighted by molar-refractivity contribution is 1.50. The maximum absolute atomic E-state index is 9.45. The zero-order valence-corrected chi connectivity index (χ0v) is 18.3. The Hall–Kier alpha value is -4.92. The Bertz CT molecular complexity index is 1780. The van der Waals surface area contributed by atoms with Crippen LogP contribution in [0.15, 0.2) is 109 Å². The van der Waals surface area contributed by atoms with Gasteiger partial charge in [0.1, 0.15) is 0 Å². The SMILES string of the molecule is [C-]#[N+]/C(C#N)=C\c1cc(-c2ccccc2)c2ccc3ccc(-c4ccccc4)c4ccc1c2c34. The van der Waals surface area contributed by atoms with Crippen molar-refractivity contribution < 1.29 is 0 Å². The summed E-state index contributed by atoms with van der Waals surface area (Å²) in [7, 11) is 0. The number of hydrogen-bond donors (Lipinski definition) is 0. The average molecular weight is 431 g/mol. The summed E-state index contributed by atoms with van der Waals surface area (Å²) in [4.78, 5) is 3.42. The molecular weight excluding hydrogens is 412 g/mol. The molecule has 0 amide bonds. The van der Waals surface area contributed by atoms with Crippen molar-refractivity contribution in [1.29, 1.82) is 5.26 Å². The Morgan fingerprint density at radius 1 is 0.676 bits per heavy atom. The molecule has 0 N–H and O–H groups in total. The van der Waals surface area contributed by atoms with Crippen molar-refractivity contribution in [2.45, 2.75) is 0 Å². The van der Waals surface area contributed by atoms with Crippen molar-refractivity contribution >= 4 is 38.4 Å². The van der Waals surface area contributed by atoms with Gasteiger partial charge >= 0.3 is 0 Å². The lowest BCUT2D eigenvalue weighted by Crippen LogP contribution is -1.92. The van der Waals surface area contributed by atoms with Crippen LogP contribution in [-0.4, -0.2) is 0 Å². The third kappa shape index (κ3) is 3.02. The Morgan fingerprint density at radius 3 is 1.94 bits per heavy atom. The van der Waals surface area contributed by atoms with Gasteiger partial charge in [0, 0.05) is 0 Å². The minimum absolute atomic E-state index is 0.0824. The fourth-order valence-electron chi connectivity index (χ4n) is 5.01. The molecule has 2 heteroatoms. The van der Waals surface area contributed by atoms with Crippen molar-refractivity contribution in [3.63, 3.8) is 0 Å². The van der Waals surface area contributed by atoms with E-state index < -0.39 is 0 Å². The monoisotopic (exact) mass is 430 g/mol. The summed E-state index contributed by atoms with van der Waals surface area (Å²) in [5.41, 5.74) is 5.56. The summed E-state index contributed by atoms with van der Waals surface area (Å²) in [6, 6.07) is 38.0. The molecule has 0 bridgehead atoms. The Balaban J connectivity index is 1.80. The summed E-state index contributed by atoms with van der Waals surface area (Å²) in [6.07, 6.45) is 1.71. The van der Waals surface area contributed by atoms with Crippen LogP contribution < -0.4 is 0 Å². The molecule has 0 aromatic heterocycles. The molecule has 0 aliphatic heterocycles. The zero-order valence-electron chi connectivity index (χ0n) is 18.3. The quantitative estimate of drug-likeness (QED) is 0.157. The van der Waals surface area contributed by atoms with Gasteiger partial charge in [0.25, 0.3) is 5.70 Å². The lowest BCUT2D eigenvalue weighted by Gasteiger charge is -2.18. The maximum atomic E-state index is 9.45. The fourth-order valence-corrected chi connectivity index (χ4v) is 5.01. The van der Waals surface area contributed by atoms with Gasteiger partial charge in [-0.05, 0) is 72.3 Å². The van der Waals surface area contributed by atoms with Crippen LogP contribution in [0.3, 0.4) is 0 Å². The van der Waals surface area contributed by atoms with Gasteiger partial charge < -0.3 is 0 Å². The Kier molecular flexibility index (Phi) is 4.58. The molecular formula is C32H18N2. The third-order valence-corrected chi connectivity index (χ3v) is 6.51. The number of nitriles is 1. The van der Waals surface area contributed by atoms with E-state index in [9.17, 15) is 5.26 Å². The van der Waals surface area contributed by atoms with Gasteiger partial charge in [-0.25, -0.2) is 10.1 Å². The van der Waals surface area contributed by atoms with E-state index in [0.29, 0.717) is 0 Å². The van der Waals surface area contributed by atoms with Crippen LogP contribution in [0.1, 0.15) is 5.56 Å². The largest absolute Gasteiger partial charge is 0.262 e. The zero-order chi connectivity index (χ0) is 23.1. The summed E-state index contributed by atoms with van der Waals surface area (Å²) in [5, 5.41) is 16.4. The lowest BCUT2D eigenvalue weighted by atomic mass is 9.85. The summed E-state index contributed by atoms with van der Waals surface area (Å²) >= 11 is 0. The van der Waals surface area contributed by atoms with E-state index >= 15 is 0 Å². The van der Waals surface area contributed by atoms with Gasteiger partial charge in [0.15, 0.2) is 0 Å². The fraction of sp³-hybridized carbons (Fsp3) is 0. The first-order valence-corrected chi connectivity index (χ1v) is 11.1. The summed E-state index contributed by atoms with van der Waals surface area (Å²) in [5.74, 6) is 0. The highest BCUT2D eigenvalue weighted by Crippen LogP contribution is 2.44. The summed E-state index contributed by atoms with van der Waals surface area (Å²) in [6.45, 7) is 7.40. The van der Waals surface area contributed by atoms with Crippen molar-refractivity contribution in [3.05, 3.63) is 126 Å². The molecule has 0 saturated heterocycles. The number of hydrogen-bond acceptors (Lipinski definition) is 1. The first-order valence-electron chi connectivity index (χ1n) is 11.1. The van der Waals surface area contributed by atoms with Gasteiger partial charge in [-0.2, -0.15) is 0 Å². The van der Waals surface area contributed by atoms with E-state index in [1.807, 2.05) is 30.3 Å². The molecule has 0 atom stereocenters. The molecule has 0 spiro atoms. The Morgan fingerprint density at radius 2 is 1.26 bits per heavy atom. The van der Waals surface area contributed by atoms with Gasteiger partial charge in [-0.3, -0.25) is 0 Å². The molecule has 0 saturated carbocycles. The maximum Gasteiger partial charge on any atom is 0.262 e. The van der Waals surface area contributed by atoms with Crippen LogP contribution in [0.4, 0.5) is 0 Å². The highest BCUT2D eigenvalue weighted by atomic mass is 14.7. The molecule has 34 heavy (non-hydrogen) atoms. The van der Waals surface area contributed by atoms with Gasteiger partial charge in [0.2, 0.25) is 0 Å². The normalized spacial score (nSPS) is 11.6. The molecule has 6 aromatic rings. The highest BCUT2D eigenvalue weighted by Gasteiger charge is 2.17. The number of allylic oxidation sites excluding steroid dienone is 1. The molecule has 6 rings (SSSR count). The van der Waals surface area contributed by atoms with Gasteiger partial charge in [0.05, 0.1) is 12.6 Å². The van der Waals surface area contributed by atoms with E-state index in [1.54, 1.807) is 6.08 Å². The minimum atomic E-state index is 0.0824. The van der Waals surface area contributed by atoms with Crippen LogP contribution in [0, 0.1) is 17.9 Å². The number of nitrogens with zero attached hydrogens (tertiary/aromatic N) is 2. The molecule has 0 unspecified atom stereocenters. The van der Waals surface area contributed by atoms with Gasteiger partial charge in [-0.15, -0.1) is 0 Å². The van der Waals surface area contributed by atoms with E-state index in [0.717, 1.165) is 22.1 Å². The second-order valence-corrected chi connectivity index (χ2v) is 8.36. The summed E-state index contributed by atoms with van der Waals surface area (Å²) < 4.78 is 0. The van der Waals surface area contributed by atoms with Crippen molar-refractivity contribution in [3.8, 4) is 28.3 Å². The number of benzene rings is 6. The van der Waals surface area contributed by atoms with E-state index in [-0.39, 0.29) is 5.70 Å². The highest BCUT2D eigenvalue weighted by molar-refractivity contribution is 6.28. The first kappa shape index (κ1) is 19.7. The van der Waals surface area contributed by atoms with Crippen LogP contribution in [-0.2, 0) is 0 Å². The van der Waals surface area contributed by atoms with E-state index in [4.69, 9.17) is 6.57 Å². The Labute approximate surface area is 197 Å². The van der Waals surface area contributed by atoms with E-state index in [1.165, 1.54) is 38.1 Å². The van der Waals surface area contributed by atoms with Crippen LogP contribution in [0.2, 0.25) is 0 Å². The third-order valence-electron chi connectivity index (χ3n) is 6.51. The second kappa shape index (κ2) is 7.89. The average Bonchev–Trinajstić information content (AvgIpc) is 2.91. The van der Waals surface area contributed by atoms with Gasteiger partial charge in [-0.1, -0.05) is 97.1 Å². The molecule has 0 heterocycles. The van der Waals surface area contributed by atoms with Crippen molar-refractivity contribution in [1.82, 2.24) is 0 Å². The molecule has 0 fully saturated rings. The molecule has 2 nitrogen and oxygen atoms in total. The van der Waals surface area contributed by atoms with E-state index in [2.05, 4.69) is 83.7 Å². The van der Waals surface area contributed by atoms with Crippen molar-refractivity contribution in [2.75, 3.05) is 0 Å². The number of rotatable bonds is 3. The van der Waals surface area contributed by atoms with Crippen molar-refractivity contribution in [2.24, 2.45) is 0 Å². The molecule has 156 valence electrons. The molecule has 0 aliphatic rings. The van der Waals surface area contributed by atoms with Crippen LogP contribution in [0.25, 0.3) is 65.5 Å². The first-order chi connectivity index (χ1) is 16.8. The topological polar surface area (TPSA) is 28.1 Å². The predicted molar refractivity (Wildman–Crippen MR) is 141 cm³/mol. The predicted octanol–water partition coefficient (Wildman–Crippen LogP) is 8.70. The van der Waals surface area contributed by atoms with Crippen LogP contribution >= 0.6 is 0 Å². The molecule has 6 aromatic carbocycles. The second-order valence-electron chi connectivity index (χ2n) is 8.36. The standard InChI is InChI=1S/C32H18N2/c1-34-25(20-33)18-24-19-30(22-10-6-3-7-11-22)29-15-13-23-12-14-26(21-8-4-2-5-9-21)28-17-16-27(24)32(29)31(23)28/h2-19H/b25-18-. The molecule has 0 radical (unpaired) electrons.